The number of aromatic nitrogens is 2. The van der Waals surface area contributed by atoms with E-state index in [9.17, 15) is 13.2 Å². The van der Waals surface area contributed by atoms with Gasteiger partial charge in [0.05, 0.1) is 6.20 Å². The van der Waals surface area contributed by atoms with E-state index in [1.54, 1.807) is 0 Å². The SMILES string of the molecule is Fc1cnc(F)c(F)n1. The standard InChI is InChI=1S/C4HF3N2/c5-2-1-8-3(6)4(7)9-2/h1H. The Labute approximate surface area is 48.4 Å². The summed E-state index contributed by atoms with van der Waals surface area (Å²) in [6, 6.07) is 0. The summed E-state index contributed by atoms with van der Waals surface area (Å²) in [5.74, 6) is -4.04. The van der Waals surface area contributed by atoms with Crippen LogP contribution in [0.5, 0.6) is 0 Å². The third-order valence-electron chi connectivity index (χ3n) is 0.660. The van der Waals surface area contributed by atoms with E-state index in [0.29, 0.717) is 6.20 Å². The minimum absolute atomic E-state index is 0.498. The van der Waals surface area contributed by atoms with Crippen molar-refractivity contribution in [3.8, 4) is 0 Å². The summed E-state index contributed by atoms with van der Waals surface area (Å²) < 4.78 is 35.3. The van der Waals surface area contributed by atoms with Gasteiger partial charge in [-0.05, 0) is 0 Å². The van der Waals surface area contributed by atoms with Crippen LogP contribution >= 0.6 is 0 Å². The molecule has 1 aromatic rings. The monoisotopic (exact) mass is 134 g/mol. The van der Waals surface area contributed by atoms with Crippen molar-refractivity contribution in [2.75, 3.05) is 0 Å². The van der Waals surface area contributed by atoms with Crippen molar-refractivity contribution in [1.29, 1.82) is 0 Å². The molecule has 0 aromatic carbocycles. The van der Waals surface area contributed by atoms with Crippen molar-refractivity contribution in [2.45, 2.75) is 0 Å². The van der Waals surface area contributed by atoms with E-state index >= 15 is 0 Å². The summed E-state index contributed by atoms with van der Waals surface area (Å²) in [5.41, 5.74) is 0. The van der Waals surface area contributed by atoms with Crippen molar-refractivity contribution in [2.24, 2.45) is 0 Å². The fourth-order valence-corrected chi connectivity index (χ4v) is 0.332. The molecule has 1 aromatic heterocycles. The smallest absolute Gasteiger partial charge is 0.219 e. The van der Waals surface area contributed by atoms with Crippen LogP contribution in [0.1, 0.15) is 0 Å². The molecule has 5 heteroatoms. The van der Waals surface area contributed by atoms with E-state index in [0.717, 1.165) is 0 Å². The van der Waals surface area contributed by atoms with Gasteiger partial charge in [0.25, 0.3) is 11.9 Å². The van der Waals surface area contributed by atoms with Gasteiger partial charge in [-0.3, -0.25) is 0 Å². The highest BCUT2D eigenvalue weighted by molar-refractivity contribution is 4.82. The first-order valence-corrected chi connectivity index (χ1v) is 2.03. The first-order chi connectivity index (χ1) is 4.20. The molecule has 0 aliphatic carbocycles. The van der Waals surface area contributed by atoms with E-state index in [-0.39, 0.29) is 0 Å². The van der Waals surface area contributed by atoms with Crippen molar-refractivity contribution >= 4 is 0 Å². The molecular weight excluding hydrogens is 133 g/mol. The van der Waals surface area contributed by atoms with Crippen LogP contribution < -0.4 is 0 Å². The van der Waals surface area contributed by atoms with Crippen molar-refractivity contribution in [3.05, 3.63) is 24.0 Å². The molecule has 0 aliphatic rings. The molecule has 0 spiro atoms. The number of hydrogen-bond acceptors (Lipinski definition) is 2. The fourth-order valence-electron chi connectivity index (χ4n) is 0.332. The van der Waals surface area contributed by atoms with E-state index in [1.807, 2.05) is 0 Å². The van der Waals surface area contributed by atoms with Gasteiger partial charge in [-0.15, -0.1) is 0 Å². The largest absolute Gasteiger partial charge is 0.271 e. The third kappa shape index (κ3) is 1.16. The Kier molecular flexibility index (Phi) is 1.33. The summed E-state index contributed by atoms with van der Waals surface area (Å²) in [6.45, 7) is 0. The number of rotatable bonds is 0. The van der Waals surface area contributed by atoms with Crippen LogP contribution in [0.15, 0.2) is 6.20 Å². The fraction of sp³-hybridized carbons (Fsp3) is 0. The average molecular weight is 134 g/mol. The summed E-state index contributed by atoms with van der Waals surface area (Å²) in [7, 11) is 0. The molecule has 0 bridgehead atoms. The number of nitrogens with zero attached hydrogens (tertiary/aromatic N) is 2. The Morgan fingerprint density at radius 1 is 1.11 bits per heavy atom. The Morgan fingerprint density at radius 2 is 1.78 bits per heavy atom. The molecule has 1 rings (SSSR count). The molecule has 2 nitrogen and oxygen atoms in total. The topological polar surface area (TPSA) is 25.8 Å². The predicted octanol–water partition coefficient (Wildman–Crippen LogP) is 0.894. The lowest BCUT2D eigenvalue weighted by molar-refractivity contribution is 0.421. The van der Waals surface area contributed by atoms with Gasteiger partial charge >= 0.3 is 0 Å². The van der Waals surface area contributed by atoms with Crippen molar-refractivity contribution in [3.63, 3.8) is 0 Å². The highest BCUT2D eigenvalue weighted by Crippen LogP contribution is 1.97. The molecular formula is C4HF3N2. The highest BCUT2D eigenvalue weighted by atomic mass is 19.2. The van der Waals surface area contributed by atoms with Gasteiger partial charge in [-0.25, -0.2) is 4.98 Å². The van der Waals surface area contributed by atoms with E-state index in [1.165, 1.54) is 0 Å². The molecule has 9 heavy (non-hydrogen) atoms. The summed E-state index contributed by atoms with van der Waals surface area (Å²) in [4.78, 5) is 5.20. The molecule has 0 aliphatic heterocycles. The van der Waals surface area contributed by atoms with Crippen molar-refractivity contribution < 1.29 is 13.2 Å². The average Bonchev–Trinajstić information content (AvgIpc) is 1.80. The zero-order valence-corrected chi connectivity index (χ0v) is 4.11. The zero-order valence-electron chi connectivity index (χ0n) is 4.11. The molecule has 48 valence electrons. The van der Waals surface area contributed by atoms with Crippen LogP contribution in [0.4, 0.5) is 13.2 Å². The maximum atomic E-state index is 11.8. The molecule has 0 saturated heterocycles. The van der Waals surface area contributed by atoms with Gasteiger partial charge < -0.3 is 0 Å². The van der Waals surface area contributed by atoms with Gasteiger partial charge in [-0.2, -0.15) is 18.2 Å². The van der Waals surface area contributed by atoms with Crippen LogP contribution in [-0.2, 0) is 0 Å². The second-order valence-corrected chi connectivity index (χ2v) is 1.27. The van der Waals surface area contributed by atoms with Crippen molar-refractivity contribution in [1.82, 2.24) is 9.97 Å². The Hall–Kier alpha value is -1.13. The number of hydrogen-bond donors (Lipinski definition) is 0. The zero-order chi connectivity index (χ0) is 6.85. The molecule has 0 unspecified atom stereocenters. The first kappa shape index (κ1) is 6.00. The second-order valence-electron chi connectivity index (χ2n) is 1.27. The van der Waals surface area contributed by atoms with E-state index < -0.39 is 17.8 Å². The van der Waals surface area contributed by atoms with E-state index in [4.69, 9.17) is 0 Å². The van der Waals surface area contributed by atoms with Crippen LogP contribution in [0.2, 0.25) is 0 Å². The minimum Gasteiger partial charge on any atom is -0.219 e. The quantitative estimate of drug-likeness (QED) is 0.526. The van der Waals surface area contributed by atoms with Gasteiger partial charge in [-0.1, -0.05) is 0 Å². The lowest BCUT2D eigenvalue weighted by atomic mass is 10.7. The lowest BCUT2D eigenvalue weighted by Crippen LogP contribution is -1.95. The summed E-state index contributed by atoms with van der Waals surface area (Å²) >= 11 is 0. The molecule has 0 atom stereocenters. The summed E-state index contributed by atoms with van der Waals surface area (Å²) in [5, 5.41) is 0. The number of halogens is 3. The van der Waals surface area contributed by atoms with Gasteiger partial charge in [0, 0.05) is 0 Å². The molecule has 0 amide bonds. The normalized spacial score (nSPS) is 9.67. The van der Waals surface area contributed by atoms with Crippen LogP contribution in [-0.4, -0.2) is 9.97 Å². The molecule has 0 saturated carbocycles. The van der Waals surface area contributed by atoms with Gasteiger partial charge in [0.1, 0.15) is 0 Å². The maximum Gasteiger partial charge on any atom is 0.271 e. The molecule has 0 fully saturated rings. The van der Waals surface area contributed by atoms with Gasteiger partial charge in [0.2, 0.25) is 5.95 Å². The van der Waals surface area contributed by atoms with Crippen LogP contribution in [0.3, 0.4) is 0 Å². The molecule has 0 N–H and O–H groups in total. The minimum atomic E-state index is -1.52. The van der Waals surface area contributed by atoms with Crippen LogP contribution in [0.25, 0.3) is 0 Å². The lowest BCUT2D eigenvalue weighted by Gasteiger charge is -1.87. The second kappa shape index (κ2) is 2.00. The third-order valence-corrected chi connectivity index (χ3v) is 0.660. The van der Waals surface area contributed by atoms with Crippen LogP contribution in [0, 0.1) is 17.8 Å². The molecule has 1 heterocycles. The first-order valence-electron chi connectivity index (χ1n) is 2.03. The Balaban J connectivity index is 3.17. The predicted molar refractivity (Wildman–Crippen MR) is 21.9 cm³/mol. The Bertz CT molecular complexity index is 225. The van der Waals surface area contributed by atoms with E-state index in [2.05, 4.69) is 9.97 Å². The summed E-state index contributed by atoms with van der Waals surface area (Å²) in [6.07, 6.45) is 0.498. The molecule has 0 radical (unpaired) electrons. The van der Waals surface area contributed by atoms with Gasteiger partial charge in [0.15, 0.2) is 0 Å². The maximum absolute atomic E-state index is 11.8. The Morgan fingerprint density at radius 3 is 2.22 bits per heavy atom. The highest BCUT2D eigenvalue weighted by Gasteiger charge is 2.03.